The molecule has 3 heterocycles. The molecule has 0 bridgehead atoms. The number of rotatable bonds is 7. The standard InChI is InChI=1S/C32H35N5O5/c38-30(33-19-21-11-14-36(15-12-21)32(41)34-25-6-4-5-23(17-25)31(39)40)22-9-10-28-27(18-22)35-29(24-13-16-42-20-24)37(28)26-7-2-1-3-8-26/h4-6,9-10,13,16-18,20-21,26H,1-3,7-8,11-12,14-15,19H2,(H,33,38)(H,34,41)(H,39,40). The number of carbonyl (C=O) groups is 3. The van der Waals surface area contributed by atoms with Crippen LogP contribution in [0, 0.1) is 5.92 Å². The van der Waals surface area contributed by atoms with E-state index in [1.54, 1.807) is 29.6 Å². The molecule has 6 rings (SSSR count). The van der Waals surface area contributed by atoms with Gasteiger partial charge in [0.15, 0.2) is 0 Å². The first-order valence-corrected chi connectivity index (χ1v) is 14.7. The van der Waals surface area contributed by atoms with E-state index in [0.717, 1.165) is 48.1 Å². The largest absolute Gasteiger partial charge is 0.478 e. The molecule has 2 aromatic carbocycles. The van der Waals surface area contributed by atoms with Gasteiger partial charge in [-0.1, -0.05) is 25.3 Å². The lowest BCUT2D eigenvalue weighted by atomic mass is 9.95. The van der Waals surface area contributed by atoms with Crippen LogP contribution >= 0.6 is 0 Å². The molecule has 0 unspecified atom stereocenters. The number of carboxylic acid groups (broad SMARTS) is 1. The van der Waals surface area contributed by atoms with Crippen molar-refractivity contribution in [3.05, 3.63) is 72.2 Å². The first-order chi connectivity index (χ1) is 20.5. The Hall–Kier alpha value is -4.60. The van der Waals surface area contributed by atoms with Crippen LogP contribution < -0.4 is 10.6 Å². The highest BCUT2D eigenvalue weighted by atomic mass is 16.4. The molecular formula is C32H35N5O5. The van der Waals surface area contributed by atoms with Crippen molar-refractivity contribution in [1.82, 2.24) is 19.8 Å². The van der Waals surface area contributed by atoms with Gasteiger partial charge in [-0.15, -0.1) is 0 Å². The fraction of sp³-hybridized carbons (Fsp3) is 0.375. The highest BCUT2D eigenvalue weighted by Crippen LogP contribution is 2.36. The van der Waals surface area contributed by atoms with Crippen LogP contribution in [0.15, 0.2) is 65.5 Å². The summed E-state index contributed by atoms with van der Waals surface area (Å²) in [4.78, 5) is 43.7. The van der Waals surface area contributed by atoms with Crippen molar-refractivity contribution in [3.63, 3.8) is 0 Å². The summed E-state index contributed by atoms with van der Waals surface area (Å²) >= 11 is 0. The Morgan fingerprint density at radius 1 is 0.952 bits per heavy atom. The molecule has 3 N–H and O–H groups in total. The maximum absolute atomic E-state index is 13.1. The van der Waals surface area contributed by atoms with Crippen molar-refractivity contribution in [3.8, 4) is 11.4 Å². The molecule has 10 nitrogen and oxygen atoms in total. The van der Waals surface area contributed by atoms with Crippen molar-refractivity contribution < 1.29 is 23.9 Å². The van der Waals surface area contributed by atoms with E-state index >= 15 is 0 Å². The number of nitrogens with one attached hydrogen (secondary N) is 2. The minimum Gasteiger partial charge on any atom is -0.478 e. The van der Waals surface area contributed by atoms with Crippen molar-refractivity contribution in [2.45, 2.75) is 51.0 Å². The average Bonchev–Trinajstić information content (AvgIpc) is 3.69. The van der Waals surface area contributed by atoms with Gasteiger partial charge in [-0.25, -0.2) is 14.6 Å². The molecule has 1 saturated heterocycles. The molecule has 42 heavy (non-hydrogen) atoms. The second-order valence-corrected chi connectivity index (χ2v) is 11.3. The molecule has 2 aliphatic rings. The SMILES string of the molecule is O=C(O)c1cccc(NC(=O)N2CCC(CNC(=O)c3ccc4c(c3)nc(-c3ccoc3)n4C3CCCCC3)CC2)c1. The Morgan fingerprint density at radius 3 is 2.50 bits per heavy atom. The van der Waals surface area contributed by atoms with Gasteiger partial charge in [-0.05, 0) is 74.1 Å². The monoisotopic (exact) mass is 569 g/mol. The van der Waals surface area contributed by atoms with Crippen LogP contribution in [0.4, 0.5) is 10.5 Å². The van der Waals surface area contributed by atoms with E-state index in [-0.39, 0.29) is 23.4 Å². The van der Waals surface area contributed by atoms with E-state index in [2.05, 4.69) is 15.2 Å². The van der Waals surface area contributed by atoms with Crippen LogP contribution in [0.1, 0.15) is 71.7 Å². The van der Waals surface area contributed by atoms with Gasteiger partial charge >= 0.3 is 12.0 Å². The lowest BCUT2D eigenvalue weighted by Gasteiger charge is -2.32. The van der Waals surface area contributed by atoms with Crippen LogP contribution in [0.5, 0.6) is 0 Å². The predicted molar refractivity (Wildman–Crippen MR) is 159 cm³/mol. The molecule has 218 valence electrons. The fourth-order valence-electron chi connectivity index (χ4n) is 6.16. The maximum atomic E-state index is 13.1. The number of urea groups is 1. The van der Waals surface area contributed by atoms with E-state index in [9.17, 15) is 14.4 Å². The summed E-state index contributed by atoms with van der Waals surface area (Å²) in [5.74, 6) is -0.0293. The smallest absolute Gasteiger partial charge is 0.335 e. The Balaban J connectivity index is 1.06. The summed E-state index contributed by atoms with van der Waals surface area (Å²) in [6.45, 7) is 1.66. The number of hydrogen-bond acceptors (Lipinski definition) is 5. The Kier molecular flexibility index (Phi) is 7.94. The number of fused-ring (bicyclic) bond motifs is 1. The number of nitrogens with zero attached hydrogens (tertiary/aromatic N) is 3. The first-order valence-electron chi connectivity index (χ1n) is 14.7. The zero-order chi connectivity index (χ0) is 29.1. The summed E-state index contributed by atoms with van der Waals surface area (Å²) in [5, 5.41) is 15.0. The minimum atomic E-state index is -1.04. The Bertz CT molecular complexity index is 1580. The maximum Gasteiger partial charge on any atom is 0.335 e. The van der Waals surface area contributed by atoms with Gasteiger partial charge in [-0.3, -0.25) is 4.79 Å². The molecule has 0 atom stereocenters. The van der Waals surface area contributed by atoms with Gasteiger partial charge in [0.1, 0.15) is 12.1 Å². The van der Waals surface area contributed by atoms with E-state index < -0.39 is 5.97 Å². The zero-order valence-corrected chi connectivity index (χ0v) is 23.4. The predicted octanol–water partition coefficient (Wildman–Crippen LogP) is 6.17. The fourth-order valence-corrected chi connectivity index (χ4v) is 6.16. The number of benzene rings is 2. The van der Waals surface area contributed by atoms with Crippen LogP contribution in [0.2, 0.25) is 0 Å². The van der Waals surface area contributed by atoms with Crippen molar-refractivity contribution >= 4 is 34.6 Å². The molecule has 4 aromatic rings. The van der Waals surface area contributed by atoms with Crippen LogP contribution in [-0.2, 0) is 0 Å². The lowest BCUT2D eigenvalue weighted by molar-refractivity contribution is 0.0696. The van der Waals surface area contributed by atoms with Crippen LogP contribution in [0.3, 0.4) is 0 Å². The zero-order valence-electron chi connectivity index (χ0n) is 23.4. The van der Waals surface area contributed by atoms with E-state index in [0.29, 0.717) is 36.9 Å². The number of amides is 3. The van der Waals surface area contributed by atoms with Crippen LogP contribution in [-0.4, -0.2) is 57.1 Å². The Labute approximate surface area is 243 Å². The molecule has 1 aliphatic heterocycles. The highest BCUT2D eigenvalue weighted by Gasteiger charge is 2.25. The van der Waals surface area contributed by atoms with Gasteiger partial charge in [0.2, 0.25) is 0 Å². The van der Waals surface area contributed by atoms with Crippen LogP contribution in [0.25, 0.3) is 22.4 Å². The summed E-state index contributed by atoms with van der Waals surface area (Å²) in [5.41, 5.74) is 3.93. The molecule has 1 saturated carbocycles. The third kappa shape index (κ3) is 5.88. The number of aromatic nitrogens is 2. The average molecular weight is 570 g/mol. The number of anilines is 1. The topological polar surface area (TPSA) is 130 Å². The highest BCUT2D eigenvalue weighted by molar-refractivity contribution is 5.98. The normalized spacial score (nSPS) is 16.4. The first kappa shape index (κ1) is 27.6. The molecule has 2 aromatic heterocycles. The van der Waals surface area contributed by atoms with Gasteiger partial charge in [0.25, 0.3) is 5.91 Å². The minimum absolute atomic E-state index is 0.123. The Morgan fingerprint density at radius 2 is 1.76 bits per heavy atom. The van der Waals surface area contributed by atoms with E-state index in [1.165, 1.54) is 31.4 Å². The van der Waals surface area contributed by atoms with Gasteiger partial charge in [-0.2, -0.15) is 0 Å². The quantitative estimate of drug-likeness (QED) is 0.244. The molecular weight excluding hydrogens is 534 g/mol. The van der Waals surface area contributed by atoms with Gasteiger partial charge in [0, 0.05) is 36.9 Å². The number of hydrogen-bond donors (Lipinski definition) is 3. The number of aromatic carboxylic acids is 1. The summed E-state index contributed by atoms with van der Waals surface area (Å²) in [6, 6.07) is 14.0. The molecule has 2 fully saturated rings. The lowest BCUT2D eigenvalue weighted by Crippen LogP contribution is -2.43. The van der Waals surface area contributed by atoms with Crippen molar-refractivity contribution in [1.29, 1.82) is 0 Å². The second kappa shape index (κ2) is 12.1. The number of likely N-dealkylation sites (tertiary alicyclic amines) is 1. The number of piperidine rings is 1. The number of furan rings is 1. The number of carbonyl (C=O) groups excluding carboxylic acids is 2. The second-order valence-electron chi connectivity index (χ2n) is 11.3. The van der Waals surface area contributed by atoms with E-state index in [4.69, 9.17) is 14.5 Å². The van der Waals surface area contributed by atoms with Gasteiger partial charge < -0.3 is 29.6 Å². The summed E-state index contributed by atoms with van der Waals surface area (Å²) < 4.78 is 7.68. The summed E-state index contributed by atoms with van der Waals surface area (Å²) in [6.07, 6.45) is 10.8. The third-order valence-corrected chi connectivity index (χ3v) is 8.48. The number of imidazole rings is 1. The molecule has 10 heteroatoms. The van der Waals surface area contributed by atoms with Crippen molar-refractivity contribution in [2.24, 2.45) is 5.92 Å². The number of carboxylic acids is 1. The molecule has 3 amide bonds. The molecule has 1 aliphatic carbocycles. The summed E-state index contributed by atoms with van der Waals surface area (Å²) in [7, 11) is 0. The molecule has 0 spiro atoms. The van der Waals surface area contributed by atoms with E-state index in [1.807, 2.05) is 24.3 Å². The van der Waals surface area contributed by atoms with Crippen molar-refractivity contribution in [2.75, 3.05) is 25.0 Å². The van der Waals surface area contributed by atoms with Gasteiger partial charge in [0.05, 0.1) is 28.4 Å². The molecule has 0 radical (unpaired) electrons. The third-order valence-electron chi connectivity index (χ3n) is 8.48.